The molecule has 38 heavy (non-hydrogen) atoms. The van der Waals surface area contributed by atoms with Crippen molar-refractivity contribution in [1.82, 2.24) is 9.88 Å². The highest BCUT2D eigenvalue weighted by Gasteiger charge is 2.53. The van der Waals surface area contributed by atoms with E-state index in [2.05, 4.69) is 4.98 Å². The number of urea groups is 1. The molecule has 9 nitrogen and oxygen atoms in total. The van der Waals surface area contributed by atoms with Crippen molar-refractivity contribution < 1.29 is 28.6 Å². The van der Waals surface area contributed by atoms with Crippen molar-refractivity contribution in [2.75, 3.05) is 26.2 Å². The van der Waals surface area contributed by atoms with Crippen LogP contribution in [0.2, 0.25) is 0 Å². The Bertz CT molecular complexity index is 1590. The van der Waals surface area contributed by atoms with Crippen LogP contribution in [0.15, 0.2) is 66.7 Å². The van der Waals surface area contributed by atoms with Crippen molar-refractivity contribution in [3.05, 3.63) is 89.1 Å². The molecule has 2 atom stereocenters. The van der Waals surface area contributed by atoms with Crippen molar-refractivity contribution in [2.45, 2.75) is 18.5 Å². The Morgan fingerprint density at radius 2 is 1.71 bits per heavy atom. The summed E-state index contributed by atoms with van der Waals surface area (Å²) < 4.78 is 15.6. The predicted octanol–water partition coefficient (Wildman–Crippen LogP) is 4.45. The van der Waals surface area contributed by atoms with Gasteiger partial charge >= 0.3 is 12.0 Å². The first kappa shape index (κ1) is 23.6. The first-order valence-corrected chi connectivity index (χ1v) is 12.1. The van der Waals surface area contributed by atoms with Crippen LogP contribution in [0.5, 0.6) is 11.5 Å². The van der Waals surface area contributed by atoms with Crippen LogP contribution in [0.25, 0.3) is 10.9 Å². The molecule has 1 unspecified atom stereocenters. The number of amides is 3. The van der Waals surface area contributed by atoms with Gasteiger partial charge in [-0.2, -0.15) is 0 Å². The Labute approximate surface area is 218 Å². The Balaban J connectivity index is 1.50. The number of hydrogen-bond acceptors (Lipinski definition) is 6. The molecule has 3 heterocycles. The SMILES string of the molecule is COC(=O)c1ccc(C2c3[nH]c4ccccc4c3C[C@H]3C(=O)N(c4ccc(OC)cc4OC)C(=O)N23)cc1. The van der Waals surface area contributed by atoms with E-state index in [1.54, 1.807) is 47.4 Å². The summed E-state index contributed by atoms with van der Waals surface area (Å²) in [4.78, 5) is 46.3. The third kappa shape index (κ3) is 3.42. The van der Waals surface area contributed by atoms with Crippen LogP contribution in [0.3, 0.4) is 0 Å². The number of carbonyl (C=O) groups excluding carboxylic acids is 3. The van der Waals surface area contributed by atoms with E-state index in [1.807, 2.05) is 24.3 Å². The van der Waals surface area contributed by atoms with Crippen LogP contribution in [0, 0.1) is 0 Å². The lowest BCUT2D eigenvalue weighted by molar-refractivity contribution is -0.120. The highest BCUT2D eigenvalue weighted by molar-refractivity contribution is 6.22. The lowest BCUT2D eigenvalue weighted by atomic mass is 9.88. The molecule has 0 bridgehead atoms. The van der Waals surface area contributed by atoms with Gasteiger partial charge in [-0.15, -0.1) is 0 Å². The molecule has 1 fully saturated rings. The number of hydrogen-bond donors (Lipinski definition) is 1. The number of ether oxygens (including phenoxy) is 3. The number of benzene rings is 3. The standard InChI is InChI=1S/C29H25N3O6/c1-36-18-12-13-22(24(14-18)37-2)32-27(33)23-15-20-19-6-4-5-7-21(19)30-25(20)26(31(23)29(32)35)16-8-10-17(11-9-16)28(34)38-3/h4-14,23,26,30H,15H2,1-3H3/t23-,26?/m0/s1. The molecular weight excluding hydrogens is 486 g/mol. The number of methoxy groups -OCH3 is 3. The maximum atomic E-state index is 14.1. The number of anilines is 1. The Hall–Kier alpha value is -4.79. The second-order valence-corrected chi connectivity index (χ2v) is 9.20. The van der Waals surface area contributed by atoms with E-state index in [-0.39, 0.29) is 5.91 Å². The van der Waals surface area contributed by atoms with E-state index in [4.69, 9.17) is 14.2 Å². The van der Waals surface area contributed by atoms with E-state index in [0.29, 0.717) is 29.2 Å². The van der Waals surface area contributed by atoms with Gasteiger partial charge in [0.25, 0.3) is 5.91 Å². The van der Waals surface area contributed by atoms with Crippen molar-refractivity contribution in [3.63, 3.8) is 0 Å². The molecule has 0 saturated carbocycles. The average molecular weight is 512 g/mol. The number of fused-ring (bicyclic) bond motifs is 4. The summed E-state index contributed by atoms with van der Waals surface area (Å²) in [5.74, 6) is 0.126. The predicted molar refractivity (Wildman–Crippen MR) is 140 cm³/mol. The van der Waals surface area contributed by atoms with Gasteiger partial charge in [-0.05, 0) is 41.5 Å². The van der Waals surface area contributed by atoms with Gasteiger partial charge in [-0.25, -0.2) is 14.5 Å². The third-order valence-electron chi connectivity index (χ3n) is 7.32. The number of H-pyrrole nitrogens is 1. The summed E-state index contributed by atoms with van der Waals surface area (Å²) in [6.07, 6.45) is 0.371. The number of aromatic nitrogens is 1. The molecule has 2 aliphatic heterocycles. The van der Waals surface area contributed by atoms with Crippen LogP contribution in [0.1, 0.15) is 33.2 Å². The van der Waals surface area contributed by atoms with E-state index in [1.165, 1.54) is 26.2 Å². The van der Waals surface area contributed by atoms with Gasteiger partial charge < -0.3 is 19.2 Å². The number of nitrogens with zero attached hydrogens (tertiary/aromatic N) is 2. The Morgan fingerprint density at radius 1 is 0.947 bits per heavy atom. The van der Waals surface area contributed by atoms with Crippen LogP contribution in [-0.2, 0) is 16.0 Å². The monoisotopic (exact) mass is 511 g/mol. The summed E-state index contributed by atoms with van der Waals surface area (Å²) in [5, 5.41) is 1.01. The summed E-state index contributed by atoms with van der Waals surface area (Å²) in [5.41, 5.74) is 4.29. The number of aromatic amines is 1. The van der Waals surface area contributed by atoms with E-state index in [9.17, 15) is 14.4 Å². The lowest BCUT2D eigenvalue weighted by Gasteiger charge is -2.36. The van der Waals surface area contributed by atoms with Crippen LogP contribution < -0.4 is 14.4 Å². The fraction of sp³-hybridized carbons (Fsp3) is 0.207. The molecular formula is C29H25N3O6. The lowest BCUT2D eigenvalue weighted by Crippen LogP contribution is -2.44. The molecule has 0 radical (unpaired) electrons. The highest BCUT2D eigenvalue weighted by Crippen LogP contribution is 2.46. The minimum absolute atomic E-state index is 0.328. The molecule has 1 saturated heterocycles. The van der Waals surface area contributed by atoms with Gasteiger partial charge in [0.2, 0.25) is 0 Å². The van der Waals surface area contributed by atoms with Gasteiger partial charge in [0, 0.05) is 29.1 Å². The molecule has 1 aromatic heterocycles. The highest BCUT2D eigenvalue weighted by atomic mass is 16.5. The van der Waals surface area contributed by atoms with E-state index in [0.717, 1.165) is 27.7 Å². The molecule has 6 rings (SSSR count). The summed E-state index contributed by atoms with van der Waals surface area (Å²) in [6.45, 7) is 0. The second-order valence-electron chi connectivity index (χ2n) is 9.20. The molecule has 0 spiro atoms. The number of imide groups is 1. The summed E-state index contributed by atoms with van der Waals surface area (Å²) in [6, 6.07) is 18.1. The van der Waals surface area contributed by atoms with Crippen molar-refractivity contribution in [3.8, 4) is 11.5 Å². The van der Waals surface area contributed by atoms with Crippen LogP contribution in [-0.4, -0.2) is 55.2 Å². The van der Waals surface area contributed by atoms with Crippen molar-refractivity contribution in [1.29, 1.82) is 0 Å². The first-order valence-electron chi connectivity index (χ1n) is 12.1. The fourth-order valence-electron chi connectivity index (χ4n) is 5.53. The fourth-order valence-corrected chi connectivity index (χ4v) is 5.53. The number of rotatable bonds is 5. The Kier molecular flexibility index (Phi) is 5.56. The normalized spacial score (nSPS) is 18.4. The zero-order valence-electron chi connectivity index (χ0n) is 21.1. The zero-order chi connectivity index (χ0) is 26.6. The van der Waals surface area contributed by atoms with Crippen molar-refractivity contribution >= 4 is 34.5 Å². The third-order valence-corrected chi connectivity index (χ3v) is 7.32. The number of carbonyl (C=O) groups is 3. The second kappa shape index (κ2) is 8.95. The van der Waals surface area contributed by atoms with E-state index < -0.39 is 24.1 Å². The molecule has 3 amide bonds. The minimum atomic E-state index is -0.716. The molecule has 3 aromatic carbocycles. The number of nitrogens with one attached hydrogen (secondary N) is 1. The quantitative estimate of drug-likeness (QED) is 0.314. The van der Waals surface area contributed by atoms with Gasteiger partial charge in [0.15, 0.2) is 0 Å². The van der Waals surface area contributed by atoms with Crippen LogP contribution >= 0.6 is 0 Å². The molecule has 4 aromatic rings. The maximum Gasteiger partial charge on any atom is 0.337 e. The largest absolute Gasteiger partial charge is 0.497 e. The Morgan fingerprint density at radius 3 is 2.42 bits per heavy atom. The minimum Gasteiger partial charge on any atom is -0.497 e. The van der Waals surface area contributed by atoms with Gasteiger partial charge in [-0.1, -0.05) is 30.3 Å². The zero-order valence-corrected chi connectivity index (χ0v) is 21.1. The smallest absolute Gasteiger partial charge is 0.337 e. The van der Waals surface area contributed by atoms with E-state index >= 15 is 0 Å². The van der Waals surface area contributed by atoms with Gasteiger partial charge in [0.05, 0.1) is 32.6 Å². The van der Waals surface area contributed by atoms with Gasteiger partial charge in [0.1, 0.15) is 23.6 Å². The first-order chi connectivity index (χ1) is 18.5. The van der Waals surface area contributed by atoms with Gasteiger partial charge in [-0.3, -0.25) is 9.69 Å². The molecule has 1 N–H and O–H groups in total. The van der Waals surface area contributed by atoms with Crippen LogP contribution in [0.4, 0.5) is 10.5 Å². The number of esters is 1. The number of para-hydroxylation sites is 1. The average Bonchev–Trinajstić information content (AvgIpc) is 3.45. The maximum absolute atomic E-state index is 14.1. The molecule has 2 aliphatic rings. The topological polar surface area (TPSA) is 101 Å². The summed E-state index contributed by atoms with van der Waals surface area (Å²) in [7, 11) is 4.35. The molecule has 0 aliphatic carbocycles. The molecule has 192 valence electrons. The van der Waals surface area contributed by atoms with Crippen molar-refractivity contribution in [2.24, 2.45) is 0 Å². The summed E-state index contributed by atoms with van der Waals surface area (Å²) >= 11 is 0. The molecule has 9 heteroatoms.